The predicted octanol–water partition coefficient (Wildman–Crippen LogP) is 1.79. The van der Waals surface area contributed by atoms with Crippen molar-refractivity contribution in [3.05, 3.63) is 35.4 Å². The lowest BCUT2D eigenvalue weighted by molar-refractivity contribution is 0.181. The second-order valence-corrected chi connectivity index (χ2v) is 8.49. The van der Waals surface area contributed by atoms with Crippen molar-refractivity contribution < 1.29 is 13.2 Å². The van der Waals surface area contributed by atoms with Gasteiger partial charge < -0.3 is 15.0 Å². The van der Waals surface area contributed by atoms with E-state index in [1.165, 1.54) is 7.05 Å². The number of halogens is 1. The van der Waals surface area contributed by atoms with E-state index in [-0.39, 0.29) is 29.7 Å². The van der Waals surface area contributed by atoms with Crippen LogP contribution in [0.3, 0.4) is 0 Å². The minimum Gasteiger partial charge on any atom is -0.381 e. The first kappa shape index (κ1) is 24.1. The van der Waals surface area contributed by atoms with Crippen LogP contribution in [-0.2, 0) is 27.1 Å². The van der Waals surface area contributed by atoms with Crippen LogP contribution in [0.1, 0.15) is 24.5 Å². The summed E-state index contributed by atoms with van der Waals surface area (Å²) in [7, 11) is 0.227. The summed E-state index contributed by atoms with van der Waals surface area (Å²) >= 11 is 0. The first-order chi connectivity index (χ1) is 12.4. The van der Waals surface area contributed by atoms with E-state index >= 15 is 0 Å². The lowest BCUT2D eigenvalue weighted by Crippen LogP contribution is -2.41. The van der Waals surface area contributed by atoms with Crippen LogP contribution in [0.4, 0.5) is 0 Å². The van der Waals surface area contributed by atoms with Gasteiger partial charge in [-0.1, -0.05) is 24.3 Å². The molecule has 2 N–H and O–H groups in total. The van der Waals surface area contributed by atoms with E-state index < -0.39 is 10.0 Å². The highest BCUT2D eigenvalue weighted by atomic mass is 127. The maximum absolute atomic E-state index is 11.6. The molecule has 0 aliphatic carbocycles. The minimum absolute atomic E-state index is 0. The monoisotopic (exact) mass is 510 g/mol. The highest BCUT2D eigenvalue weighted by Gasteiger charge is 2.19. The Balaban J connectivity index is 0.00000364. The Morgan fingerprint density at radius 1 is 1.30 bits per heavy atom. The van der Waals surface area contributed by atoms with Gasteiger partial charge in [0.1, 0.15) is 0 Å². The molecule has 1 heterocycles. The van der Waals surface area contributed by atoms with E-state index in [0.29, 0.717) is 12.5 Å². The van der Waals surface area contributed by atoms with Gasteiger partial charge in [0, 0.05) is 32.7 Å². The first-order valence-corrected chi connectivity index (χ1v) is 10.6. The van der Waals surface area contributed by atoms with Gasteiger partial charge in [-0.2, -0.15) is 0 Å². The number of ether oxygens (including phenoxy) is 1. The number of hydrogen-bond acceptors (Lipinski definition) is 4. The zero-order chi connectivity index (χ0) is 19.0. The first-order valence-electron chi connectivity index (χ1n) is 8.99. The van der Waals surface area contributed by atoms with Crippen molar-refractivity contribution in [1.29, 1.82) is 0 Å². The molecule has 1 atom stereocenters. The van der Waals surface area contributed by atoms with Crippen LogP contribution in [0.25, 0.3) is 0 Å². The Morgan fingerprint density at radius 2 is 1.96 bits per heavy atom. The molecule has 0 amide bonds. The van der Waals surface area contributed by atoms with Gasteiger partial charge >= 0.3 is 0 Å². The standard InChI is InChI=1S/C18H30N4O3S.HI/c1-4-20-18(22(3)12-17-9-10-25-13-17)21-11-15-5-7-16(8-6-15)14-26(23,24)19-2;/h5-8,17,19H,4,9-14H2,1-3H3,(H,20,21);1H. The topological polar surface area (TPSA) is 83.0 Å². The number of hydrogen-bond donors (Lipinski definition) is 2. The van der Waals surface area contributed by atoms with E-state index in [9.17, 15) is 8.42 Å². The fourth-order valence-corrected chi connectivity index (χ4v) is 3.65. The summed E-state index contributed by atoms with van der Waals surface area (Å²) in [5.74, 6) is 1.42. The molecule has 7 nitrogen and oxygen atoms in total. The summed E-state index contributed by atoms with van der Waals surface area (Å²) in [6.07, 6.45) is 1.10. The third-order valence-corrected chi connectivity index (χ3v) is 5.69. The Morgan fingerprint density at radius 3 is 2.52 bits per heavy atom. The van der Waals surface area contributed by atoms with Crippen molar-refractivity contribution in [3.63, 3.8) is 0 Å². The van der Waals surface area contributed by atoms with Crippen molar-refractivity contribution in [1.82, 2.24) is 14.9 Å². The van der Waals surface area contributed by atoms with Gasteiger partial charge in [-0.15, -0.1) is 24.0 Å². The van der Waals surface area contributed by atoms with Gasteiger partial charge in [0.2, 0.25) is 10.0 Å². The molecular weight excluding hydrogens is 479 g/mol. The highest BCUT2D eigenvalue weighted by molar-refractivity contribution is 14.0. The smallest absolute Gasteiger partial charge is 0.215 e. The molecule has 0 spiro atoms. The molecule has 1 aliphatic heterocycles. The van der Waals surface area contributed by atoms with Crippen LogP contribution in [-0.4, -0.2) is 59.7 Å². The van der Waals surface area contributed by atoms with Crippen molar-refractivity contribution in [2.24, 2.45) is 10.9 Å². The number of aliphatic imine (C=N–C) groups is 1. The molecule has 2 rings (SSSR count). The van der Waals surface area contributed by atoms with Crippen LogP contribution >= 0.6 is 24.0 Å². The molecule has 0 aromatic heterocycles. The van der Waals surface area contributed by atoms with E-state index in [1.807, 2.05) is 31.3 Å². The molecule has 154 valence electrons. The normalized spacial score (nSPS) is 17.4. The van der Waals surface area contributed by atoms with Gasteiger partial charge in [-0.05, 0) is 31.5 Å². The van der Waals surface area contributed by atoms with E-state index in [4.69, 9.17) is 9.73 Å². The third kappa shape index (κ3) is 8.32. The van der Waals surface area contributed by atoms with Crippen LogP contribution in [0.5, 0.6) is 0 Å². The Bertz CT molecular complexity index is 689. The van der Waals surface area contributed by atoms with Crippen LogP contribution < -0.4 is 10.0 Å². The molecule has 1 aliphatic rings. The summed E-state index contributed by atoms with van der Waals surface area (Å²) in [5, 5.41) is 3.32. The van der Waals surface area contributed by atoms with Gasteiger partial charge in [-0.3, -0.25) is 0 Å². The summed E-state index contributed by atoms with van der Waals surface area (Å²) in [5.41, 5.74) is 1.81. The minimum atomic E-state index is -3.25. The van der Waals surface area contributed by atoms with E-state index in [2.05, 4.69) is 21.9 Å². The average molecular weight is 510 g/mol. The molecule has 1 saturated heterocycles. The molecule has 0 radical (unpaired) electrons. The zero-order valence-electron chi connectivity index (χ0n) is 16.3. The van der Waals surface area contributed by atoms with Gasteiger partial charge in [-0.25, -0.2) is 18.1 Å². The summed E-state index contributed by atoms with van der Waals surface area (Å²) < 4.78 is 31.0. The zero-order valence-corrected chi connectivity index (χ0v) is 19.4. The van der Waals surface area contributed by atoms with Crippen molar-refractivity contribution in [2.75, 3.05) is 40.4 Å². The van der Waals surface area contributed by atoms with Gasteiger partial charge in [0.05, 0.1) is 18.9 Å². The number of sulfonamides is 1. The molecule has 9 heteroatoms. The second-order valence-electron chi connectivity index (χ2n) is 6.56. The Labute approximate surface area is 180 Å². The second kappa shape index (κ2) is 11.8. The fraction of sp³-hybridized carbons (Fsp3) is 0.611. The molecule has 1 aromatic carbocycles. The van der Waals surface area contributed by atoms with E-state index in [1.54, 1.807) is 0 Å². The predicted molar refractivity (Wildman–Crippen MR) is 120 cm³/mol. The summed E-state index contributed by atoms with van der Waals surface area (Å²) in [4.78, 5) is 6.86. The molecule has 1 aromatic rings. The molecule has 1 unspecified atom stereocenters. The lowest BCUT2D eigenvalue weighted by Gasteiger charge is -2.24. The van der Waals surface area contributed by atoms with E-state index in [0.717, 1.165) is 49.8 Å². The maximum atomic E-state index is 11.6. The van der Waals surface area contributed by atoms with Crippen molar-refractivity contribution >= 4 is 40.0 Å². The number of benzene rings is 1. The summed E-state index contributed by atoms with van der Waals surface area (Å²) in [6, 6.07) is 7.54. The van der Waals surface area contributed by atoms with Crippen molar-refractivity contribution in [3.8, 4) is 0 Å². The highest BCUT2D eigenvalue weighted by Crippen LogP contribution is 2.14. The molecule has 0 bridgehead atoms. The largest absolute Gasteiger partial charge is 0.381 e. The maximum Gasteiger partial charge on any atom is 0.215 e. The number of rotatable bonds is 8. The Kier molecular flexibility index (Phi) is 10.6. The van der Waals surface area contributed by atoms with Gasteiger partial charge in [0.15, 0.2) is 5.96 Å². The fourth-order valence-electron chi connectivity index (χ4n) is 2.87. The molecular formula is C18H31IN4O3S. The number of nitrogens with one attached hydrogen (secondary N) is 2. The molecule has 0 saturated carbocycles. The Hall–Kier alpha value is -0.910. The summed E-state index contributed by atoms with van der Waals surface area (Å²) in [6.45, 7) is 6.01. The van der Waals surface area contributed by atoms with Crippen LogP contribution in [0, 0.1) is 5.92 Å². The number of nitrogens with zero attached hydrogens (tertiary/aromatic N) is 2. The lowest BCUT2D eigenvalue weighted by atomic mass is 10.1. The average Bonchev–Trinajstić information content (AvgIpc) is 3.12. The molecule has 1 fully saturated rings. The van der Waals surface area contributed by atoms with Crippen LogP contribution in [0.2, 0.25) is 0 Å². The molecule has 27 heavy (non-hydrogen) atoms. The third-order valence-electron chi connectivity index (χ3n) is 4.35. The van der Waals surface area contributed by atoms with Crippen LogP contribution in [0.15, 0.2) is 29.3 Å². The van der Waals surface area contributed by atoms with Crippen molar-refractivity contribution in [2.45, 2.75) is 25.6 Å². The number of guanidine groups is 1. The quantitative estimate of drug-likeness (QED) is 0.317. The SMILES string of the molecule is CCNC(=NCc1ccc(CS(=O)(=O)NC)cc1)N(C)CC1CCOC1.I. The van der Waals surface area contributed by atoms with Gasteiger partial charge in [0.25, 0.3) is 0 Å².